The molecule has 0 aliphatic carbocycles. The minimum absolute atomic E-state index is 0. The molecule has 27 heavy (non-hydrogen) atoms. The number of halogens is 2. The number of hydrogen-bond donors (Lipinski definition) is 2. The molecule has 1 saturated heterocycles. The van der Waals surface area contributed by atoms with Crippen LogP contribution in [0.2, 0.25) is 5.02 Å². The van der Waals surface area contributed by atoms with Gasteiger partial charge in [0.25, 0.3) is 5.91 Å². The van der Waals surface area contributed by atoms with Gasteiger partial charge in [0.1, 0.15) is 13.2 Å². The van der Waals surface area contributed by atoms with Gasteiger partial charge in [0.2, 0.25) is 0 Å². The number of likely N-dealkylation sites (tertiary alicyclic amines) is 1. The number of benzene rings is 1. The van der Waals surface area contributed by atoms with Crippen LogP contribution in [0, 0.1) is 11.8 Å². The summed E-state index contributed by atoms with van der Waals surface area (Å²) < 4.78 is 11.2. The summed E-state index contributed by atoms with van der Waals surface area (Å²) in [6, 6.07) is 1.56. The molecule has 152 valence electrons. The number of carbonyl (C=O) groups is 1. The number of fused-ring (bicyclic) bond motifs is 1. The number of hydrogen-bond acceptors (Lipinski definition) is 5. The third kappa shape index (κ3) is 5.33. The molecule has 3 rings (SSSR count). The third-order valence-corrected chi connectivity index (χ3v) is 5.24. The first-order chi connectivity index (χ1) is 12.5. The molecule has 0 saturated carbocycles. The molecular formula is C19H29Cl2N3O3. The standard InChI is InChI=1S/C19H28ClN3O3.ClH/c1-12(2)11-23-5-3-13(4-6-23)10-22-19(24)14-9-15(20)16(21)18-17(14)25-7-8-26-18;/h9,12-13H,3-8,10-11,21H2,1-2H3,(H,22,24);1H. The molecule has 0 atom stereocenters. The van der Waals surface area contributed by atoms with Crippen LogP contribution in [-0.4, -0.2) is 50.2 Å². The Kier molecular flexibility index (Phi) is 7.89. The molecule has 1 amide bonds. The first kappa shape index (κ1) is 21.9. The Morgan fingerprint density at radius 1 is 1.30 bits per heavy atom. The zero-order chi connectivity index (χ0) is 18.7. The Balaban J connectivity index is 0.00000261. The van der Waals surface area contributed by atoms with Crippen molar-refractivity contribution in [2.45, 2.75) is 26.7 Å². The summed E-state index contributed by atoms with van der Waals surface area (Å²) >= 11 is 6.16. The van der Waals surface area contributed by atoms with E-state index in [4.69, 9.17) is 26.8 Å². The normalized spacial score (nSPS) is 17.5. The maximum atomic E-state index is 12.7. The molecule has 0 unspecified atom stereocenters. The molecule has 0 spiro atoms. The van der Waals surface area contributed by atoms with Gasteiger partial charge in [-0.2, -0.15) is 0 Å². The fourth-order valence-corrected chi connectivity index (χ4v) is 3.78. The SMILES string of the molecule is CC(C)CN1CCC(CNC(=O)c2cc(Cl)c(N)c3c2OCCO3)CC1.Cl. The van der Waals surface area contributed by atoms with Crippen molar-refractivity contribution in [2.24, 2.45) is 11.8 Å². The summed E-state index contributed by atoms with van der Waals surface area (Å²) in [6.45, 7) is 9.28. The highest BCUT2D eigenvalue weighted by atomic mass is 35.5. The number of anilines is 1. The Bertz CT molecular complexity index is 662. The summed E-state index contributed by atoms with van der Waals surface area (Å²) in [6.07, 6.45) is 2.21. The Labute approximate surface area is 172 Å². The molecule has 0 aromatic heterocycles. The lowest BCUT2D eigenvalue weighted by Gasteiger charge is -2.33. The zero-order valence-electron chi connectivity index (χ0n) is 15.9. The zero-order valence-corrected chi connectivity index (χ0v) is 17.5. The van der Waals surface area contributed by atoms with E-state index in [1.807, 2.05) is 0 Å². The summed E-state index contributed by atoms with van der Waals surface area (Å²) in [5.74, 6) is 1.76. The minimum Gasteiger partial charge on any atom is -0.485 e. The monoisotopic (exact) mass is 417 g/mol. The Hall–Kier alpha value is -1.37. The molecule has 2 heterocycles. The van der Waals surface area contributed by atoms with E-state index in [9.17, 15) is 4.79 Å². The van der Waals surface area contributed by atoms with Gasteiger partial charge >= 0.3 is 0 Å². The average molecular weight is 418 g/mol. The number of piperidine rings is 1. The van der Waals surface area contributed by atoms with E-state index in [-0.39, 0.29) is 18.3 Å². The highest BCUT2D eigenvalue weighted by molar-refractivity contribution is 6.34. The number of ether oxygens (including phenoxy) is 2. The Morgan fingerprint density at radius 2 is 1.93 bits per heavy atom. The first-order valence-electron chi connectivity index (χ1n) is 9.33. The van der Waals surface area contributed by atoms with E-state index in [0.29, 0.717) is 59.4 Å². The van der Waals surface area contributed by atoms with Gasteiger partial charge in [-0.15, -0.1) is 12.4 Å². The second kappa shape index (κ2) is 9.71. The molecule has 2 aliphatic heterocycles. The summed E-state index contributed by atoms with van der Waals surface area (Å²) in [7, 11) is 0. The first-order valence-corrected chi connectivity index (χ1v) is 9.71. The smallest absolute Gasteiger partial charge is 0.255 e. The van der Waals surface area contributed by atoms with Crippen LogP contribution in [0.1, 0.15) is 37.0 Å². The second-order valence-corrected chi connectivity index (χ2v) is 7.93. The van der Waals surface area contributed by atoms with Gasteiger partial charge in [-0.05, 0) is 43.8 Å². The van der Waals surface area contributed by atoms with Gasteiger partial charge in [0, 0.05) is 13.1 Å². The quantitative estimate of drug-likeness (QED) is 0.719. The number of nitrogens with zero attached hydrogens (tertiary/aromatic N) is 1. The lowest BCUT2D eigenvalue weighted by Crippen LogP contribution is -2.40. The fourth-order valence-electron chi connectivity index (χ4n) is 3.59. The van der Waals surface area contributed by atoms with Crippen LogP contribution in [0.4, 0.5) is 5.69 Å². The number of nitrogens with two attached hydrogens (primary N) is 1. The van der Waals surface area contributed by atoms with Crippen molar-refractivity contribution in [3.8, 4) is 11.5 Å². The largest absolute Gasteiger partial charge is 0.485 e. The van der Waals surface area contributed by atoms with Crippen molar-refractivity contribution in [2.75, 3.05) is 45.1 Å². The summed E-state index contributed by atoms with van der Waals surface area (Å²) in [5, 5.41) is 3.34. The van der Waals surface area contributed by atoms with Gasteiger partial charge in [0.15, 0.2) is 11.5 Å². The topological polar surface area (TPSA) is 76.8 Å². The number of rotatable bonds is 5. The van der Waals surface area contributed by atoms with Crippen LogP contribution in [0.25, 0.3) is 0 Å². The maximum Gasteiger partial charge on any atom is 0.255 e. The molecular weight excluding hydrogens is 389 g/mol. The van der Waals surface area contributed by atoms with Crippen molar-refractivity contribution >= 4 is 35.6 Å². The number of nitrogens with one attached hydrogen (secondary N) is 1. The molecule has 1 fully saturated rings. The lowest BCUT2D eigenvalue weighted by atomic mass is 9.96. The molecule has 1 aromatic carbocycles. The number of nitrogen functional groups attached to an aromatic ring is 1. The van der Waals surface area contributed by atoms with Gasteiger partial charge in [0.05, 0.1) is 16.3 Å². The highest BCUT2D eigenvalue weighted by Crippen LogP contribution is 2.43. The van der Waals surface area contributed by atoms with Crippen LogP contribution in [0.5, 0.6) is 11.5 Å². The third-order valence-electron chi connectivity index (χ3n) is 4.93. The summed E-state index contributed by atoms with van der Waals surface area (Å²) in [5.41, 5.74) is 6.64. The molecule has 2 aliphatic rings. The van der Waals surface area contributed by atoms with Crippen LogP contribution >= 0.6 is 24.0 Å². The van der Waals surface area contributed by atoms with Gasteiger partial charge in [-0.25, -0.2) is 0 Å². The predicted octanol–water partition coefficient (Wildman–Crippen LogP) is 3.21. The molecule has 1 aromatic rings. The van der Waals surface area contributed by atoms with Crippen LogP contribution in [-0.2, 0) is 0 Å². The van der Waals surface area contributed by atoms with Gasteiger partial charge < -0.3 is 25.4 Å². The minimum atomic E-state index is -0.196. The Morgan fingerprint density at radius 3 is 2.56 bits per heavy atom. The highest BCUT2D eigenvalue weighted by Gasteiger charge is 2.26. The second-order valence-electron chi connectivity index (χ2n) is 7.52. The number of amides is 1. The number of carbonyl (C=O) groups excluding carboxylic acids is 1. The van der Waals surface area contributed by atoms with E-state index < -0.39 is 0 Å². The molecule has 0 radical (unpaired) electrons. The van der Waals surface area contributed by atoms with Crippen molar-refractivity contribution in [3.05, 3.63) is 16.7 Å². The van der Waals surface area contributed by atoms with E-state index in [1.165, 1.54) is 0 Å². The van der Waals surface area contributed by atoms with Crippen LogP contribution in [0.15, 0.2) is 6.07 Å². The fraction of sp³-hybridized carbons (Fsp3) is 0.632. The van der Waals surface area contributed by atoms with E-state index >= 15 is 0 Å². The van der Waals surface area contributed by atoms with Crippen molar-refractivity contribution in [1.29, 1.82) is 0 Å². The van der Waals surface area contributed by atoms with E-state index in [0.717, 1.165) is 32.5 Å². The molecule has 3 N–H and O–H groups in total. The summed E-state index contributed by atoms with van der Waals surface area (Å²) in [4.78, 5) is 15.2. The molecule has 0 bridgehead atoms. The maximum absolute atomic E-state index is 12.7. The van der Waals surface area contributed by atoms with Crippen molar-refractivity contribution in [1.82, 2.24) is 10.2 Å². The lowest BCUT2D eigenvalue weighted by molar-refractivity contribution is 0.0924. The predicted molar refractivity (Wildman–Crippen MR) is 110 cm³/mol. The van der Waals surface area contributed by atoms with Crippen LogP contribution in [0.3, 0.4) is 0 Å². The van der Waals surface area contributed by atoms with Crippen molar-refractivity contribution < 1.29 is 14.3 Å². The van der Waals surface area contributed by atoms with Gasteiger partial charge in [-0.1, -0.05) is 25.4 Å². The van der Waals surface area contributed by atoms with Crippen LogP contribution < -0.4 is 20.5 Å². The molecule has 8 heteroatoms. The van der Waals surface area contributed by atoms with Crippen molar-refractivity contribution in [3.63, 3.8) is 0 Å². The van der Waals surface area contributed by atoms with E-state index in [1.54, 1.807) is 6.07 Å². The molecule has 6 nitrogen and oxygen atoms in total. The van der Waals surface area contributed by atoms with E-state index in [2.05, 4.69) is 24.1 Å². The average Bonchev–Trinajstić information content (AvgIpc) is 2.63. The van der Waals surface area contributed by atoms with Gasteiger partial charge in [-0.3, -0.25) is 4.79 Å².